The van der Waals surface area contributed by atoms with E-state index in [1.54, 1.807) is 0 Å². The zero-order valence-corrected chi connectivity index (χ0v) is 15.2. The molecule has 1 atom stereocenters. The minimum Gasteiger partial charge on any atom is -0.402 e. The van der Waals surface area contributed by atoms with Gasteiger partial charge in [-0.2, -0.15) is 26.3 Å². The number of aliphatic hydroxyl groups is 2. The highest BCUT2D eigenvalue weighted by Gasteiger charge is 2.37. The third kappa shape index (κ3) is 9.06. The van der Waals surface area contributed by atoms with Crippen LogP contribution in [-0.4, -0.2) is 43.8 Å². The van der Waals surface area contributed by atoms with Crippen molar-refractivity contribution in [1.29, 1.82) is 0 Å². The second kappa shape index (κ2) is 9.27. The highest BCUT2D eigenvalue weighted by atomic mass is 19.4. The van der Waals surface area contributed by atoms with E-state index in [4.69, 9.17) is 15.1 Å². The summed E-state index contributed by atoms with van der Waals surface area (Å²) < 4.78 is 76.4. The molecule has 160 valence electrons. The molecule has 12 heteroatoms. The molecule has 0 heterocycles. The second-order valence-electron chi connectivity index (χ2n) is 6.62. The normalized spacial score (nSPS) is 15.1. The molecule has 5 N–H and O–H groups in total. The molecular weight excluding hydrogens is 397 g/mol. The first-order chi connectivity index (χ1) is 12.3. The van der Waals surface area contributed by atoms with Crippen LogP contribution in [0.5, 0.6) is 0 Å². The Balaban J connectivity index is 0.00000165. The van der Waals surface area contributed by atoms with Gasteiger partial charge in [0.05, 0.1) is 22.3 Å². The minimum absolute atomic E-state index is 0.0460. The average Bonchev–Trinajstić information content (AvgIpc) is 2.43. The molecule has 1 unspecified atom stereocenters. The molecule has 1 rings (SSSR count). The van der Waals surface area contributed by atoms with E-state index < -0.39 is 42.0 Å². The maximum Gasteiger partial charge on any atom is 0.631 e. The lowest BCUT2D eigenvalue weighted by Gasteiger charge is -2.34. The zero-order chi connectivity index (χ0) is 22.6. The first-order valence-electron chi connectivity index (χ1n) is 7.72. The smallest absolute Gasteiger partial charge is 0.402 e. The fourth-order valence-corrected chi connectivity index (χ4v) is 1.75. The van der Waals surface area contributed by atoms with Crippen molar-refractivity contribution in [2.24, 2.45) is 0 Å². The van der Waals surface area contributed by atoms with Crippen molar-refractivity contribution in [3.8, 4) is 0 Å². The summed E-state index contributed by atoms with van der Waals surface area (Å²) in [4.78, 5) is 0. The lowest BCUT2D eigenvalue weighted by molar-refractivity contribution is -0.143. The molecular formula is C16H21BF6O5. The summed E-state index contributed by atoms with van der Waals surface area (Å²) in [5, 5.41) is 41.3. The predicted molar refractivity (Wildman–Crippen MR) is 89.4 cm³/mol. The maximum absolute atomic E-state index is 12.7. The van der Waals surface area contributed by atoms with Gasteiger partial charge in [-0.3, -0.25) is 0 Å². The average molecular weight is 418 g/mol. The van der Waals surface area contributed by atoms with Crippen LogP contribution in [0, 0.1) is 0 Å². The van der Waals surface area contributed by atoms with Gasteiger partial charge in [0.2, 0.25) is 0 Å². The van der Waals surface area contributed by atoms with Gasteiger partial charge in [0.15, 0.2) is 0 Å². The lowest BCUT2D eigenvalue weighted by atomic mass is 9.84. The molecule has 1 aromatic rings. The summed E-state index contributed by atoms with van der Waals surface area (Å²) in [6.07, 6.45) is -7.72. The molecule has 0 radical (unpaired) electrons. The van der Waals surface area contributed by atoms with Crippen LogP contribution in [0.4, 0.5) is 26.3 Å². The van der Waals surface area contributed by atoms with Gasteiger partial charge >= 0.3 is 19.7 Å². The standard InChI is InChI=1S/C16H18F6O2.BH3O3/c1-13(2,23)14(3,24)6-4-5-10-7-11(15(17,18)19)9-12(8-10)16(20,21)22;2-1(3)4/h4-5,7-9,23-24H,6H2,1-3H3;2-4H/b5-4+;. The molecule has 0 aliphatic heterocycles. The van der Waals surface area contributed by atoms with Gasteiger partial charge < -0.3 is 25.3 Å². The fourth-order valence-electron chi connectivity index (χ4n) is 1.75. The second-order valence-corrected chi connectivity index (χ2v) is 6.62. The van der Waals surface area contributed by atoms with Crippen molar-refractivity contribution in [3.63, 3.8) is 0 Å². The summed E-state index contributed by atoms with van der Waals surface area (Å²) in [6, 6.07) is 1.22. The number of benzene rings is 1. The van der Waals surface area contributed by atoms with Crippen LogP contribution < -0.4 is 0 Å². The minimum atomic E-state index is -4.91. The summed E-state index contributed by atoms with van der Waals surface area (Å²) in [7, 11) is -2.17. The van der Waals surface area contributed by atoms with Crippen molar-refractivity contribution in [3.05, 3.63) is 41.0 Å². The molecule has 0 amide bonds. The zero-order valence-electron chi connectivity index (χ0n) is 15.2. The van der Waals surface area contributed by atoms with Crippen LogP contribution in [0.1, 0.15) is 43.9 Å². The first-order valence-corrected chi connectivity index (χ1v) is 7.72. The van der Waals surface area contributed by atoms with Crippen molar-refractivity contribution < 1.29 is 51.6 Å². The molecule has 0 fully saturated rings. The van der Waals surface area contributed by atoms with Gasteiger partial charge in [-0.15, -0.1) is 0 Å². The Morgan fingerprint density at radius 3 is 1.46 bits per heavy atom. The number of hydrogen-bond acceptors (Lipinski definition) is 5. The summed E-state index contributed by atoms with van der Waals surface area (Å²) >= 11 is 0. The Bertz CT molecular complexity index is 628. The van der Waals surface area contributed by atoms with E-state index in [9.17, 15) is 36.6 Å². The van der Waals surface area contributed by atoms with Crippen LogP contribution >= 0.6 is 0 Å². The van der Waals surface area contributed by atoms with Crippen LogP contribution in [0.2, 0.25) is 0 Å². The highest BCUT2D eigenvalue weighted by Crippen LogP contribution is 2.36. The van der Waals surface area contributed by atoms with Gasteiger partial charge in [0, 0.05) is 0 Å². The molecule has 0 saturated carbocycles. The number of hydrogen-bond donors (Lipinski definition) is 5. The van der Waals surface area contributed by atoms with Crippen molar-refractivity contribution >= 4 is 13.4 Å². The predicted octanol–water partition coefficient (Wildman–Crippen LogP) is 2.60. The van der Waals surface area contributed by atoms with Gasteiger partial charge in [-0.25, -0.2) is 0 Å². The van der Waals surface area contributed by atoms with E-state index in [1.165, 1.54) is 26.8 Å². The quantitative estimate of drug-likeness (QED) is 0.383. The van der Waals surface area contributed by atoms with Gasteiger partial charge in [0.1, 0.15) is 0 Å². The number of alkyl halides is 6. The molecule has 0 aliphatic carbocycles. The molecule has 28 heavy (non-hydrogen) atoms. The topological polar surface area (TPSA) is 101 Å². The fraction of sp³-hybridized carbons (Fsp3) is 0.500. The van der Waals surface area contributed by atoms with Crippen LogP contribution in [0.15, 0.2) is 24.3 Å². The van der Waals surface area contributed by atoms with Crippen molar-refractivity contribution in [2.75, 3.05) is 0 Å². The van der Waals surface area contributed by atoms with E-state index in [0.717, 1.165) is 6.08 Å². The van der Waals surface area contributed by atoms with E-state index in [-0.39, 0.29) is 18.1 Å². The molecule has 0 saturated heterocycles. The van der Waals surface area contributed by atoms with E-state index in [1.807, 2.05) is 0 Å². The van der Waals surface area contributed by atoms with E-state index in [2.05, 4.69) is 0 Å². The van der Waals surface area contributed by atoms with Crippen LogP contribution in [0.25, 0.3) is 6.08 Å². The van der Waals surface area contributed by atoms with Crippen molar-refractivity contribution in [2.45, 2.75) is 50.7 Å². The van der Waals surface area contributed by atoms with Crippen LogP contribution in [-0.2, 0) is 12.4 Å². The molecule has 0 spiro atoms. The Kier molecular flexibility index (Phi) is 8.74. The Hall–Kier alpha value is -1.60. The van der Waals surface area contributed by atoms with Gasteiger partial charge in [-0.1, -0.05) is 12.2 Å². The lowest BCUT2D eigenvalue weighted by Crippen LogP contribution is -2.47. The Labute approximate surface area is 157 Å². The van der Waals surface area contributed by atoms with Crippen molar-refractivity contribution in [1.82, 2.24) is 0 Å². The third-order valence-corrected chi connectivity index (χ3v) is 3.75. The molecule has 5 nitrogen and oxygen atoms in total. The third-order valence-electron chi connectivity index (χ3n) is 3.75. The van der Waals surface area contributed by atoms with Crippen LogP contribution in [0.3, 0.4) is 0 Å². The van der Waals surface area contributed by atoms with Gasteiger partial charge in [-0.05, 0) is 51.0 Å². The largest absolute Gasteiger partial charge is 0.631 e. The Morgan fingerprint density at radius 2 is 1.18 bits per heavy atom. The summed E-state index contributed by atoms with van der Waals surface area (Å²) in [6.45, 7) is 3.99. The van der Waals surface area contributed by atoms with E-state index in [0.29, 0.717) is 12.1 Å². The molecule has 0 bridgehead atoms. The molecule has 0 aliphatic rings. The molecule has 1 aromatic carbocycles. The number of rotatable bonds is 4. The Morgan fingerprint density at radius 1 is 0.821 bits per heavy atom. The first kappa shape index (κ1) is 26.4. The van der Waals surface area contributed by atoms with E-state index >= 15 is 0 Å². The summed E-state index contributed by atoms with van der Waals surface area (Å²) in [5.41, 5.74) is -6.22. The molecule has 0 aromatic heterocycles. The SMILES string of the molecule is CC(C)(O)C(C)(O)C/C=C/c1cc(C(F)(F)F)cc(C(F)(F)F)c1.OB(O)O. The highest BCUT2D eigenvalue weighted by molar-refractivity contribution is 6.30. The maximum atomic E-state index is 12.7. The monoisotopic (exact) mass is 418 g/mol. The van der Waals surface area contributed by atoms with Gasteiger partial charge in [0.25, 0.3) is 0 Å². The number of halogens is 6. The summed E-state index contributed by atoms with van der Waals surface area (Å²) in [5.74, 6) is 0.